The predicted octanol–water partition coefficient (Wildman–Crippen LogP) is 4.14. The Kier molecular flexibility index (Phi) is 6.43. The van der Waals surface area contributed by atoms with E-state index in [1.165, 1.54) is 21.9 Å². The average Bonchev–Trinajstić information content (AvgIpc) is 2.20. The van der Waals surface area contributed by atoms with E-state index >= 15 is 0 Å². The fourth-order valence-corrected chi connectivity index (χ4v) is 2.05. The van der Waals surface area contributed by atoms with E-state index in [2.05, 4.69) is 38.1 Å². The second kappa shape index (κ2) is 6.51. The molecule has 0 unspecified atom stereocenters. The molecule has 0 spiro atoms. The Morgan fingerprint density at radius 3 is 2.25 bits per heavy atom. The zero-order valence-electron chi connectivity index (χ0n) is 9.11. The van der Waals surface area contributed by atoms with Crippen molar-refractivity contribution in [1.82, 2.24) is 0 Å². The van der Waals surface area contributed by atoms with Gasteiger partial charge in [0.15, 0.2) is 0 Å². The molecule has 0 fully saturated rings. The fourth-order valence-electron chi connectivity index (χ4n) is 1.78. The molecule has 16 heavy (non-hydrogen) atoms. The Morgan fingerprint density at radius 2 is 1.62 bits per heavy atom. The van der Waals surface area contributed by atoms with E-state index in [1.54, 1.807) is 20.8 Å². The van der Waals surface area contributed by atoms with E-state index in [1.807, 2.05) is 6.07 Å². The number of rotatable bonds is 1. The molecule has 1 nitrogen and oxygen atoms in total. The third kappa shape index (κ3) is 2.72. The molecule has 0 atom stereocenters. The van der Waals surface area contributed by atoms with Crippen molar-refractivity contribution in [2.45, 2.75) is 13.8 Å². The van der Waals surface area contributed by atoms with Crippen molar-refractivity contribution < 1.29 is 24.1 Å². The van der Waals surface area contributed by atoms with Crippen LogP contribution in [0.2, 0.25) is 0 Å². The summed E-state index contributed by atoms with van der Waals surface area (Å²) in [6, 6.07) is 10.5. The van der Waals surface area contributed by atoms with Gasteiger partial charge in [-0.25, -0.2) is 0 Å². The third-order valence-corrected chi connectivity index (χ3v) is 2.88. The van der Waals surface area contributed by atoms with Crippen molar-refractivity contribution in [2.75, 3.05) is 0 Å². The summed E-state index contributed by atoms with van der Waals surface area (Å²) in [5.41, 5.74) is 2.56. The van der Waals surface area contributed by atoms with Gasteiger partial charge in [-0.3, -0.25) is 0 Å². The summed E-state index contributed by atoms with van der Waals surface area (Å²) in [5, 5.41) is 2.51. The molecule has 0 saturated heterocycles. The molecule has 0 aliphatic rings. The molecule has 0 amide bonds. The Hall–Kier alpha value is -0.206. The first-order chi connectivity index (χ1) is 6.74. The molecule has 0 N–H and O–H groups in total. The van der Waals surface area contributed by atoms with Gasteiger partial charge < -0.3 is 0 Å². The van der Waals surface area contributed by atoms with Crippen LogP contribution in [-0.2, 0) is 20.8 Å². The molecule has 2 aromatic rings. The molecule has 4 heteroatoms. The summed E-state index contributed by atoms with van der Waals surface area (Å²) in [6.45, 7) is 4.24. The standard InChI is InChI=1S/C12H12O.2ClH.Ti/c1-8-6-7-11(13)12-9(2)4-3-5-10(8)12;;;/h3-7,13H,1-2H3;2*1H;/q;;;+1/p-1. The summed E-state index contributed by atoms with van der Waals surface area (Å²) >= 11 is 1.72. The van der Waals surface area contributed by atoms with Crippen LogP contribution in [-0.4, -0.2) is 0 Å². The first-order valence-corrected chi connectivity index (χ1v) is 5.20. The normalized spacial score (nSPS) is 9.06. The predicted molar refractivity (Wildman–Crippen MR) is 68.5 cm³/mol. The molecular weight excluding hydrogens is 279 g/mol. The van der Waals surface area contributed by atoms with Crippen LogP contribution in [0.5, 0.6) is 5.75 Å². The fraction of sp³-hybridized carbons (Fsp3) is 0.167. The SMILES string of the molecule is Cc1ccc([O][Ti])c2c(C)cccc12.Cl.Cl. The maximum atomic E-state index is 5.36. The van der Waals surface area contributed by atoms with E-state index < -0.39 is 0 Å². The zero-order chi connectivity index (χ0) is 10.1. The third-order valence-electron chi connectivity index (χ3n) is 2.54. The van der Waals surface area contributed by atoms with E-state index in [9.17, 15) is 0 Å². The molecule has 0 aliphatic heterocycles. The van der Waals surface area contributed by atoms with Crippen molar-refractivity contribution >= 4 is 35.6 Å². The van der Waals surface area contributed by atoms with Crippen molar-refractivity contribution in [2.24, 2.45) is 0 Å². The average molecular weight is 292 g/mol. The van der Waals surface area contributed by atoms with Crippen LogP contribution in [0.15, 0.2) is 30.3 Å². The second-order valence-electron chi connectivity index (χ2n) is 3.48. The van der Waals surface area contributed by atoms with Gasteiger partial charge in [-0.1, -0.05) is 0 Å². The monoisotopic (exact) mass is 291 g/mol. The van der Waals surface area contributed by atoms with E-state index in [0.717, 1.165) is 5.75 Å². The number of benzene rings is 2. The molecule has 0 bridgehead atoms. The molecule has 0 saturated carbocycles. The molecule has 0 heterocycles. The molecule has 0 radical (unpaired) electrons. The maximum absolute atomic E-state index is 5.36. The maximum Gasteiger partial charge on any atom is -0.147 e. The van der Waals surface area contributed by atoms with Gasteiger partial charge in [0.2, 0.25) is 0 Å². The smallest absolute Gasteiger partial charge is 0.147 e. The molecule has 0 aliphatic carbocycles. The minimum Gasteiger partial charge on any atom is -0.147 e. The molecule has 2 aromatic carbocycles. The van der Waals surface area contributed by atoms with Crippen LogP contribution in [0.3, 0.4) is 0 Å². The van der Waals surface area contributed by atoms with Gasteiger partial charge in [0.05, 0.1) is 0 Å². The van der Waals surface area contributed by atoms with Crippen LogP contribution in [0.4, 0.5) is 0 Å². The van der Waals surface area contributed by atoms with Crippen LogP contribution < -0.4 is 3.32 Å². The number of hydrogen-bond donors (Lipinski definition) is 0. The van der Waals surface area contributed by atoms with E-state index in [0.29, 0.717) is 0 Å². The van der Waals surface area contributed by atoms with Gasteiger partial charge in [0.25, 0.3) is 0 Å². The van der Waals surface area contributed by atoms with Crippen molar-refractivity contribution in [3.8, 4) is 5.75 Å². The number of fused-ring (bicyclic) bond motifs is 1. The molecule has 0 aromatic heterocycles. The first kappa shape index (κ1) is 15.8. The Bertz CT molecular complexity index is 486. The van der Waals surface area contributed by atoms with Gasteiger partial charge in [-0.15, -0.1) is 24.8 Å². The summed E-state index contributed by atoms with van der Waals surface area (Å²) < 4.78 is 5.36. The number of hydrogen-bond acceptors (Lipinski definition) is 1. The topological polar surface area (TPSA) is 9.23 Å². The quantitative estimate of drug-likeness (QED) is 0.718. The minimum absolute atomic E-state index is 0. The molecule has 2 rings (SSSR count). The summed E-state index contributed by atoms with van der Waals surface area (Å²) in [6.07, 6.45) is 0. The van der Waals surface area contributed by atoms with Crippen LogP contribution in [0.25, 0.3) is 10.8 Å². The van der Waals surface area contributed by atoms with Gasteiger partial charge in [-0.2, -0.15) is 0 Å². The van der Waals surface area contributed by atoms with Crippen LogP contribution in [0, 0.1) is 13.8 Å². The van der Waals surface area contributed by atoms with Crippen LogP contribution >= 0.6 is 24.8 Å². The van der Waals surface area contributed by atoms with Gasteiger partial charge in [0, 0.05) is 0 Å². The van der Waals surface area contributed by atoms with Crippen molar-refractivity contribution in [1.29, 1.82) is 0 Å². The van der Waals surface area contributed by atoms with Gasteiger partial charge >= 0.3 is 96.0 Å². The second-order valence-corrected chi connectivity index (χ2v) is 3.80. The molecule has 85 valence electrons. The Morgan fingerprint density at radius 1 is 0.938 bits per heavy atom. The Labute approximate surface area is 120 Å². The summed E-state index contributed by atoms with van der Waals surface area (Å²) in [4.78, 5) is 0. The summed E-state index contributed by atoms with van der Waals surface area (Å²) in [5.74, 6) is 0.962. The number of halogens is 2. The summed E-state index contributed by atoms with van der Waals surface area (Å²) in [7, 11) is 0. The molecular formula is C12H13Cl2OTi. The van der Waals surface area contributed by atoms with Gasteiger partial charge in [-0.05, 0) is 0 Å². The number of aryl methyl sites for hydroxylation is 2. The zero-order valence-corrected chi connectivity index (χ0v) is 12.3. The largest absolute Gasteiger partial charge is 0.147 e. The Balaban J connectivity index is 0.00000112. The van der Waals surface area contributed by atoms with E-state index in [-0.39, 0.29) is 24.8 Å². The van der Waals surface area contributed by atoms with Gasteiger partial charge in [0.1, 0.15) is 0 Å². The van der Waals surface area contributed by atoms with Crippen LogP contribution in [0.1, 0.15) is 11.1 Å². The first-order valence-electron chi connectivity index (χ1n) is 4.56. The van der Waals surface area contributed by atoms with Crippen molar-refractivity contribution in [3.63, 3.8) is 0 Å². The van der Waals surface area contributed by atoms with Crippen molar-refractivity contribution in [3.05, 3.63) is 41.5 Å². The van der Waals surface area contributed by atoms with E-state index in [4.69, 9.17) is 3.32 Å². The minimum atomic E-state index is 0.